The summed E-state index contributed by atoms with van der Waals surface area (Å²) in [5.74, 6) is 1.84. The molecule has 0 unspecified atom stereocenters. The first-order valence-corrected chi connectivity index (χ1v) is 6.14. The molecule has 0 spiro atoms. The van der Waals surface area contributed by atoms with Gasteiger partial charge >= 0.3 is 6.09 Å². The summed E-state index contributed by atoms with van der Waals surface area (Å²) in [5.41, 5.74) is -0.946. The third-order valence-electron chi connectivity index (χ3n) is 2.68. The maximum absolute atomic E-state index is 11.6. The SMILES string of the molecule is C#CC1(NC(=O)OCCCC)COC(C)(C)OC1. The first-order valence-electron chi connectivity index (χ1n) is 6.14. The van der Waals surface area contributed by atoms with E-state index in [1.807, 2.05) is 6.92 Å². The summed E-state index contributed by atoms with van der Waals surface area (Å²) >= 11 is 0. The zero-order valence-electron chi connectivity index (χ0n) is 11.2. The van der Waals surface area contributed by atoms with E-state index in [1.165, 1.54) is 0 Å². The number of hydrogen-bond acceptors (Lipinski definition) is 4. The quantitative estimate of drug-likeness (QED) is 0.613. The van der Waals surface area contributed by atoms with Crippen LogP contribution in [0.5, 0.6) is 0 Å². The van der Waals surface area contributed by atoms with E-state index in [9.17, 15) is 4.79 Å². The molecule has 0 radical (unpaired) electrons. The Hall–Kier alpha value is -1.25. The average molecular weight is 255 g/mol. The topological polar surface area (TPSA) is 56.8 Å². The summed E-state index contributed by atoms with van der Waals surface area (Å²) in [6.07, 6.45) is 6.71. The van der Waals surface area contributed by atoms with E-state index in [0.29, 0.717) is 6.61 Å². The highest BCUT2D eigenvalue weighted by atomic mass is 16.7. The van der Waals surface area contributed by atoms with Crippen molar-refractivity contribution >= 4 is 6.09 Å². The van der Waals surface area contributed by atoms with E-state index >= 15 is 0 Å². The molecule has 0 aromatic carbocycles. The van der Waals surface area contributed by atoms with Gasteiger partial charge in [0.2, 0.25) is 0 Å². The molecule has 0 aromatic rings. The molecule has 1 aliphatic rings. The van der Waals surface area contributed by atoms with Crippen LogP contribution in [0.1, 0.15) is 33.6 Å². The van der Waals surface area contributed by atoms with Crippen LogP contribution in [-0.4, -0.2) is 37.2 Å². The molecular formula is C13H21NO4. The van der Waals surface area contributed by atoms with Crippen LogP contribution in [0, 0.1) is 12.3 Å². The molecule has 1 heterocycles. The number of carbonyl (C=O) groups is 1. The fourth-order valence-corrected chi connectivity index (χ4v) is 1.41. The molecule has 0 aliphatic carbocycles. The van der Waals surface area contributed by atoms with Gasteiger partial charge in [0.1, 0.15) is 0 Å². The Kier molecular flexibility index (Phi) is 5.00. The Bertz CT molecular complexity index is 322. The molecule has 1 aliphatic heterocycles. The number of nitrogens with one attached hydrogen (secondary N) is 1. The van der Waals surface area contributed by atoms with Gasteiger partial charge in [-0.05, 0) is 20.3 Å². The smallest absolute Gasteiger partial charge is 0.408 e. The van der Waals surface area contributed by atoms with Crippen LogP contribution >= 0.6 is 0 Å². The van der Waals surface area contributed by atoms with Gasteiger partial charge in [0, 0.05) is 0 Å². The molecule has 5 heteroatoms. The minimum Gasteiger partial charge on any atom is -0.450 e. The third-order valence-corrected chi connectivity index (χ3v) is 2.68. The molecule has 0 bridgehead atoms. The number of carbonyl (C=O) groups excluding carboxylic acids is 1. The molecule has 1 fully saturated rings. The van der Waals surface area contributed by atoms with Crippen molar-refractivity contribution in [1.29, 1.82) is 0 Å². The predicted octanol–water partition coefficient (Wildman–Crippen LogP) is 1.67. The first-order chi connectivity index (χ1) is 8.43. The zero-order valence-corrected chi connectivity index (χ0v) is 11.2. The maximum Gasteiger partial charge on any atom is 0.408 e. The standard InChI is InChI=1S/C13H21NO4/c1-5-7-8-16-11(15)14-13(6-2)9-17-12(3,4)18-10-13/h2H,5,7-10H2,1,3-4H3,(H,14,15). The highest BCUT2D eigenvalue weighted by molar-refractivity contribution is 5.69. The van der Waals surface area contributed by atoms with Gasteiger partial charge in [-0.25, -0.2) is 4.79 Å². The van der Waals surface area contributed by atoms with Crippen LogP contribution in [0.15, 0.2) is 0 Å². The van der Waals surface area contributed by atoms with E-state index in [0.717, 1.165) is 12.8 Å². The number of rotatable bonds is 4. The number of alkyl carbamates (subject to hydrolysis) is 1. The molecule has 18 heavy (non-hydrogen) atoms. The van der Waals surface area contributed by atoms with Crippen molar-refractivity contribution in [2.75, 3.05) is 19.8 Å². The number of unbranched alkanes of at least 4 members (excludes halogenated alkanes) is 1. The molecule has 5 nitrogen and oxygen atoms in total. The molecule has 102 valence electrons. The predicted molar refractivity (Wildman–Crippen MR) is 66.9 cm³/mol. The summed E-state index contributed by atoms with van der Waals surface area (Å²) in [7, 11) is 0. The van der Waals surface area contributed by atoms with Crippen LogP contribution in [-0.2, 0) is 14.2 Å². The molecule has 1 rings (SSSR count). The zero-order chi connectivity index (χ0) is 13.6. The summed E-state index contributed by atoms with van der Waals surface area (Å²) in [4.78, 5) is 11.6. The van der Waals surface area contributed by atoms with E-state index in [4.69, 9.17) is 20.6 Å². The monoisotopic (exact) mass is 255 g/mol. The third kappa shape index (κ3) is 4.21. The highest BCUT2D eigenvalue weighted by Gasteiger charge is 2.40. The summed E-state index contributed by atoms with van der Waals surface area (Å²) in [6, 6.07) is 0. The number of terminal acetylenes is 1. The van der Waals surface area contributed by atoms with Gasteiger partial charge in [0.15, 0.2) is 11.3 Å². The van der Waals surface area contributed by atoms with Crippen molar-refractivity contribution in [3.05, 3.63) is 0 Å². The van der Waals surface area contributed by atoms with Crippen molar-refractivity contribution in [3.8, 4) is 12.3 Å². The van der Waals surface area contributed by atoms with Crippen LogP contribution < -0.4 is 5.32 Å². The lowest BCUT2D eigenvalue weighted by Crippen LogP contribution is -2.60. The molecular weight excluding hydrogens is 234 g/mol. The second-order valence-corrected chi connectivity index (χ2v) is 4.82. The minimum atomic E-state index is -0.946. The molecule has 0 aromatic heterocycles. The van der Waals surface area contributed by atoms with Crippen molar-refractivity contribution < 1.29 is 19.0 Å². The van der Waals surface area contributed by atoms with Crippen LogP contribution in [0.2, 0.25) is 0 Å². The number of hydrogen-bond donors (Lipinski definition) is 1. The molecule has 0 saturated carbocycles. The van der Waals surface area contributed by atoms with Crippen LogP contribution in [0.4, 0.5) is 4.79 Å². The lowest BCUT2D eigenvalue weighted by Gasteiger charge is -2.40. The lowest BCUT2D eigenvalue weighted by atomic mass is 10.0. The average Bonchev–Trinajstić information content (AvgIpc) is 2.33. The van der Waals surface area contributed by atoms with E-state index in [-0.39, 0.29) is 13.2 Å². The van der Waals surface area contributed by atoms with Gasteiger partial charge in [-0.2, -0.15) is 0 Å². The number of ether oxygens (including phenoxy) is 3. The molecule has 1 N–H and O–H groups in total. The first kappa shape index (κ1) is 14.8. The molecule has 1 amide bonds. The van der Waals surface area contributed by atoms with Gasteiger partial charge in [-0.1, -0.05) is 19.3 Å². The second-order valence-electron chi connectivity index (χ2n) is 4.82. The lowest BCUT2D eigenvalue weighted by molar-refractivity contribution is -0.262. The molecule has 1 saturated heterocycles. The van der Waals surface area contributed by atoms with Crippen molar-refractivity contribution in [1.82, 2.24) is 5.32 Å². The fourth-order valence-electron chi connectivity index (χ4n) is 1.41. The Morgan fingerprint density at radius 2 is 2.06 bits per heavy atom. The fraction of sp³-hybridized carbons (Fsp3) is 0.769. The van der Waals surface area contributed by atoms with Gasteiger partial charge in [-0.3, -0.25) is 0 Å². The van der Waals surface area contributed by atoms with E-state index in [2.05, 4.69) is 11.2 Å². The second kappa shape index (κ2) is 6.07. The minimum absolute atomic E-state index is 0.208. The van der Waals surface area contributed by atoms with Gasteiger partial charge in [0.05, 0.1) is 19.8 Å². The molecule has 0 atom stereocenters. The van der Waals surface area contributed by atoms with Crippen LogP contribution in [0.3, 0.4) is 0 Å². The van der Waals surface area contributed by atoms with Gasteiger partial charge in [0.25, 0.3) is 0 Å². The largest absolute Gasteiger partial charge is 0.450 e. The van der Waals surface area contributed by atoms with Crippen molar-refractivity contribution in [3.63, 3.8) is 0 Å². The van der Waals surface area contributed by atoms with Gasteiger partial charge < -0.3 is 19.5 Å². The number of amides is 1. The Balaban J connectivity index is 2.47. The summed E-state index contributed by atoms with van der Waals surface area (Å²) < 4.78 is 15.9. The van der Waals surface area contributed by atoms with Crippen molar-refractivity contribution in [2.24, 2.45) is 0 Å². The Morgan fingerprint density at radius 1 is 1.44 bits per heavy atom. The highest BCUT2D eigenvalue weighted by Crippen LogP contribution is 2.23. The Morgan fingerprint density at radius 3 is 2.56 bits per heavy atom. The maximum atomic E-state index is 11.6. The van der Waals surface area contributed by atoms with Crippen molar-refractivity contribution in [2.45, 2.75) is 44.9 Å². The summed E-state index contributed by atoms with van der Waals surface area (Å²) in [5, 5.41) is 2.63. The van der Waals surface area contributed by atoms with E-state index < -0.39 is 17.4 Å². The Labute approximate surface area is 108 Å². The van der Waals surface area contributed by atoms with Crippen LogP contribution in [0.25, 0.3) is 0 Å². The summed E-state index contributed by atoms with van der Waals surface area (Å²) in [6.45, 7) is 6.42. The van der Waals surface area contributed by atoms with Gasteiger partial charge in [-0.15, -0.1) is 6.42 Å². The normalized spacial score (nSPS) is 20.8. The van der Waals surface area contributed by atoms with E-state index in [1.54, 1.807) is 13.8 Å².